The van der Waals surface area contributed by atoms with Crippen LogP contribution < -0.4 is 0 Å². The summed E-state index contributed by atoms with van der Waals surface area (Å²) in [6, 6.07) is 0. The molecule has 0 spiro atoms. The number of Topliss-reactive ketones (excluding diaryl/α,β-unsaturated/α-hetero) is 1. The van der Waals surface area contributed by atoms with E-state index in [0.717, 1.165) is 49.4 Å². The molecule has 0 radical (unpaired) electrons. The van der Waals surface area contributed by atoms with Gasteiger partial charge in [0.1, 0.15) is 5.78 Å². The molecule has 1 heteroatoms. The smallest absolute Gasteiger partial charge is 0.133 e. The van der Waals surface area contributed by atoms with Crippen molar-refractivity contribution in [1.29, 1.82) is 0 Å². The number of hydrogen-bond acceptors (Lipinski definition) is 1. The lowest BCUT2D eigenvalue weighted by Crippen LogP contribution is -2.49. The first-order valence-electron chi connectivity index (χ1n) is 12.6. The molecule has 0 heterocycles. The van der Waals surface area contributed by atoms with Crippen molar-refractivity contribution in [1.82, 2.24) is 0 Å². The number of rotatable bonds is 4. The molecule has 4 aliphatic rings. The zero-order valence-electron chi connectivity index (χ0n) is 19.8. The summed E-state index contributed by atoms with van der Waals surface area (Å²) < 4.78 is 0. The van der Waals surface area contributed by atoms with Gasteiger partial charge in [0.25, 0.3) is 0 Å². The van der Waals surface area contributed by atoms with E-state index in [1.807, 2.05) is 5.57 Å². The molecule has 3 fully saturated rings. The quantitative estimate of drug-likeness (QED) is 0.447. The topological polar surface area (TPSA) is 17.1 Å². The van der Waals surface area contributed by atoms with Crippen molar-refractivity contribution in [3.63, 3.8) is 0 Å². The highest BCUT2D eigenvalue weighted by Gasteiger charge is 2.57. The minimum absolute atomic E-state index is 0.385. The molecule has 0 N–H and O–H groups in total. The molecule has 0 saturated heterocycles. The van der Waals surface area contributed by atoms with Crippen LogP contribution in [0.2, 0.25) is 0 Å². The van der Waals surface area contributed by atoms with E-state index in [-0.39, 0.29) is 0 Å². The lowest BCUT2D eigenvalue weighted by molar-refractivity contribution is -0.127. The lowest BCUT2D eigenvalue weighted by atomic mass is 9.48. The van der Waals surface area contributed by atoms with E-state index in [9.17, 15) is 4.79 Å². The van der Waals surface area contributed by atoms with Gasteiger partial charge in [-0.3, -0.25) is 4.79 Å². The Hall–Kier alpha value is -0.850. The van der Waals surface area contributed by atoms with Crippen LogP contribution >= 0.6 is 0 Å². The minimum Gasteiger partial charge on any atom is -0.300 e. The molecule has 0 aromatic carbocycles. The van der Waals surface area contributed by atoms with E-state index >= 15 is 0 Å². The fraction of sp³-hybridized carbons (Fsp3) is 0.821. The van der Waals surface area contributed by atoms with Crippen molar-refractivity contribution < 1.29 is 4.79 Å². The monoisotopic (exact) mass is 396 g/mol. The van der Waals surface area contributed by atoms with Gasteiger partial charge in [-0.1, -0.05) is 65.3 Å². The SMILES string of the molecule is CC(C)C(C)/C=C\C(C)C1CCC2C3=CCC4CC(=O)CCC4(C)C3CCC21C. The first-order valence-corrected chi connectivity index (χ1v) is 12.6. The molecule has 4 aliphatic carbocycles. The molecular weight excluding hydrogens is 352 g/mol. The molecule has 0 amide bonds. The molecule has 8 atom stereocenters. The predicted molar refractivity (Wildman–Crippen MR) is 123 cm³/mol. The number of ketones is 1. The van der Waals surface area contributed by atoms with Crippen LogP contribution in [0.1, 0.15) is 92.9 Å². The molecule has 8 unspecified atom stereocenters. The van der Waals surface area contributed by atoms with Gasteiger partial charge in [-0.2, -0.15) is 0 Å². The fourth-order valence-corrected chi connectivity index (χ4v) is 7.91. The predicted octanol–water partition coefficient (Wildman–Crippen LogP) is 7.62. The van der Waals surface area contributed by atoms with Gasteiger partial charge in [0, 0.05) is 12.8 Å². The van der Waals surface area contributed by atoms with E-state index < -0.39 is 0 Å². The van der Waals surface area contributed by atoms with Gasteiger partial charge in [0.05, 0.1) is 0 Å². The normalized spacial score (nSPS) is 44.2. The highest BCUT2D eigenvalue weighted by Crippen LogP contribution is 2.66. The summed E-state index contributed by atoms with van der Waals surface area (Å²) in [6.45, 7) is 14.7. The average Bonchev–Trinajstić information content (AvgIpc) is 3.03. The van der Waals surface area contributed by atoms with Crippen LogP contribution in [-0.4, -0.2) is 5.78 Å². The number of fused-ring (bicyclic) bond motifs is 5. The second-order valence-corrected chi connectivity index (χ2v) is 12.1. The molecule has 3 saturated carbocycles. The largest absolute Gasteiger partial charge is 0.300 e. The third-order valence-electron chi connectivity index (χ3n) is 10.4. The average molecular weight is 397 g/mol. The van der Waals surface area contributed by atoms with Crippen molar-refractivity contribution in [3.8, 4) is 0 Å². The molecular formula is C28H44O. The van der Waals surface area contributed by atoms with E-state index in [1.54, 1.807) is 0 Å². The van der Waals surface area contributed by atoms with Gasteiger partial charge in [-0.15, -0.1) is 0 Å². The van der Waals surface area contributed by atoms with E-state index in [4.69, 9.17) is 0 Å². The first kappa shape index (κ1) is 21.4. The maximum Gasteiger partial charge on any atom is 0.133 e. The Kier molecular flexibility index (Phi) is 5.67. The van der Waals surface area contributed by atoms with Gasteiger partial charge >= 0.3 is 0 Å². The molecule has 4 rings (SSSR count). The van der Waals surface area contributed by atoms with Crippen molar-refractivity contribution in [2.75, 3.05) is 0 Å². The lowest BCUT2D eigenvalue weighted by Gasteiger charge is -2.57. The van der Waals surface area contributed by atoms with Gasteiger partial charge in [0.15, 0.2) is 0 Å². The molecule has 0 aromatic rings. The fourth-order valence-electron chi connectivity index (χ4n) is 7.91. The van der Waals surface area contributed by atoms with Gasteiger partial charge in [-0.25, -0.2) is 0 Å². The minimum atomic E-state index is 0.385. The third-order valence-corrected chi connectivity index (χ3v) is 10.4. The van der Waals surface area contributed by atoms with Crippen LogP contribution in [0.4, 0.5) is 0 Å². The van der Waals surface area contributed by atoms with Crippen LogP contribution in [0, 0.1) is 52.3 Å². The maximum atomic E-state index is 12.1. The van der Waals surface area contributed by atoms with E-state index in [1.165, 1.54) is 25.7 Å². The maximum absolute atomic E-state index is 12.1. The summed E-state index contributed by atoms with van der Waals surface area (Å²) in [7, 11) is 0. The summed E-state index contributed by atoms with van der Waals surface area (Å²) in [5.74, 6) is 5.57. The van der Waals surface area contributed by atoms with Crippen LogP contribution in [0.15, 0.2) is 23.8 Å². The number of hydrogen-bond donors (Lipinski definition) is 0. The number of allylic oxidation sites excluding steroid dienone is 4. The summed E-state index contributed by atoms with van der Waals surface area (Å²) in [6.07, 6.45) is 17.2. The van der Waals surface area contributed by atoms with Gasteiger partial charge in [-0.05, 0) is 90.8 Å². The standard InChI is InChI=1S/C28H44O/c1-18(2)19(3)7-8-20(4)24-11-12-25-23-10-9-21-17-22(29)13-15-27(21,5)26(23)14-16-28(24,25)6/h7-8,10,18-21,24-26H,9,11-17H2,1-6H3/b8-7-. The Morgan fingerprint density at radius 1 is 0.966 bits per heavy atom. The summed E-state index contributed by atoms with van der Waals surface area (Å²) >= 11 is 0. The number of carbonyl (C=O) groups excluding carboxylic acids is 1. The van der Waals surface area contributed by atoms with Crippen LogP contribution in [-0.2, 0) is 4.79 Å². The second-order valence-electron chi connectivity index (χ2n) is 12.1. The second kappa shape index (κ2) is 7.69. The highest BCUT2D eigenvalue weighted by molar-refractivity contribution is 5.79. The summed E-state index contributed by atoms with van der Waals surface area (Å²) in [5, 5.41) is 0. The Bertz CT molecular complexity index is 699. The molecule has 162 valence electrons. The summed E-state index contributed by atoms with van der Waals surface area (Å²) in [4.78, 5) is 12.1. The zero-order valence-corrected chi connectivity index (χ0v) is 19.8. The number of carbonyl (C=O) groups is 1. The third kappa shape index (κ3) is 3.49. The van der Waals surface area contributed by atoms with E-state index in [0.29, 0.717) is 34.4 Å². The van der Waals surface area contributed by atoms with Crippen molar-refractivity contribution in [3.05, 3.63) is 23.8 Å². The Labute approximate surface area is 179 Å². The van der Waals surface area contributed by atoms with E-state index in [2.05, 4.69) is 59.8 Å². The van der Waals surface area contributed by atoms with Crippen LogP contribution in [0.3, 0.4) is 0 Å². The Morgan fingerprint density at radius 2 is 1.69 bits per heavy atom. The van der Waals surface area contributed by atoms with Gasteiger partial charge < -0.3 is 0 Å². The van der Waals surface area contributed by atoms with Crippen molar-refractivity contribution in [2.24, 2.45) is 52.3 Å². The Morgan fingerprint density at radius 3 is 2.41 bits per heavy atom. The summed E-state index contributed by atoms with van der Waals surface area (Å²) in [5.41, 5.74) is 2.68. The molecule has 0 aromatic heterocycles. The molecule has 1 nitrogen and oxygen atoms in total. The molecule has 29 heavy (non-hydrogen) atoms. The van der Waals surface area contributed by atoms with Gasteiger partial charge in [0.2, 0.25) is 0 Å². The van der Waals surface area contributed by atoms with Crippen molar-refractivity contribution in [2.45, 2.75) is 92.9 Å². The molecule has 0 bridgehead atoms. The zero-order chi connectivity index (χ0) is 21.0. The van der Waals surface area contributed by atoms with Crippen LogP contribution in [0.5, 0.6) is 0 Å². The van der Waals surface area contributed by atoms with Crippen LogP contribution in [0.25, 0.3) is 0 Å². The highest BCUT2D eigenvalue weighted by atomic mass is 16.1. The first-order chi connectivity index (χ1) is 13.7. The Balaban J connectivity index is 1.55. The molecule has 0 aliphatic heterocycles. The van der Waals surface area contributed by atoms with Crippen molar-refractivity contribution >= 4 is 5.78 Å².